The second kappa shape index (κ2) is 6.53. The molecule has 2 aromatic carbocycles. The predicted octanol–water partition coefficient (Wildman–Crippen LogP) is 5.11. The molecule has 0 unspecified atom stereocenters. The molecule has 0 aliphatic heterocycles. The fraction of sp³-hybridized carbons (Fsp3) is 0.100. The average Bonchev–Trinajstić information content (AvgIpc) is 3.29. The maximum atomic E-state index is 12.4. The lowest BCUT2D eigenvalue weighted by Gasteiger charge is -2.04. The van der Waals surface area contributed by atoms with E-state index >= 15 is 0 Å². The molecule has 0 aliphatic rings. The molecule has 124 valence electrons. The first-order valence-electron chi connectivity index (χ1n) is 8.17. The van der Waals surface area contributed by atoms with Crippen LogP contribution in [-0.2, 0) is 6.42 Å². The molecule has 0 bridgehead atoms. The van der Waals surface area contributed by atoms with Gasteiger partial charge in [-0.1, -0.05) is 37.3 Å². The molecule has 0 atom stereocenters. The van der Waals surface area contributed by atoms with Gasteiger partial charge in [-0.05, 0) is 36.2 Å². The van der Waals surface area contributed by atoms with Crippen molar-refractivity contribution in [2.24, 2.45) is 0 Å². The van der Waals surface area contributed by atoms with E-state index in [2.05, 4.69) is 34.3 Å². The van der Waals surface area contributed by atoms with Crippen molar-refractivity contribution in [2.45, 2.75) is 13.3 Å². The minimum absolute atomic E-state index is 0.192. The fourth-order valence-electron chi connectivity index (χ4n) is 2.71. The van der Waals surface area contributed by atoms with Crippen LogP contribution in [0.4, 0.5) is 5.69 Å². The SMILES string of the molecule is CCc1ccc(NC(=O)c2csc(-c3cc4ccccc4[nH]3)n2)cc1. The highest BCUT2D eigenvalue weighted by atomic mass is 32.1. The number of fused-ring (bicyclic) bond motifs is 1. The van der Waals surface area contributed by atoms with Crippen LogP contribution in [0.25, 0.3) is 21.6 Å². The number of aromatic nitrogens is 2. The second-order valence-electron chi connectivity index (χ2n) is 5.81. The van der Waals surface area contributed by atoms with E-state index in [4.69, 9.17) is 0 Å². The number of carbonyl (C=O) groups is 1. The maximum absolute atomic E-state index is 12.4. The maximum Gasteiger partial charge on any atom is 0.275 e. The van der Waals surface area contributed by atoms with Gasteiger partial charge in [0.05, 0.1) is 5.69 Å². The quantitative estimate of drug-likeness (QED) is 0.539. The van der Waals surface area contributed by atoms with Crippen molar-refractivity contribution in [1.29, 1.82) is 0 Å². The standard InChI is InChI=1S/C20H17N3OS/c1-2-13-7-9-15(10-8-13)21-19(24)18-12-25-20(23-18)17-11-14-5-3-4-6-16(14)22-17/h3-12,22H,2H2,1H3,(H,21,24). The smallest absolute Gasteiger partial charge is 0.275 e. The number of carbonyl (C=O) groups excluding carboxylic acids is 1. The molecule has 0 saturated heterocycles. The van der Waals surface area contributed by atoms with Gasteiger partial charge in [0.2, 0.25) is 0 Å². The molecule has 2 N–H and O–H groups in total. The third-order valence-corrected chi connectivity index (χ3v) is 4.99. The summed E-state index contributed by atoms with van der Waals surface area (Å²) in [5.41, 5.74) is 4.45. The minimum atomic E-state index is -0.192. The highest BCUT2D eigenvalue weighted by Gasteiger charge is 2.13. The Labute approximate surface area is 149 Å². The summed E-state index contributed by atoms with van der Waals surface area (Å²) >= 11 is 1.46. The molecule has 1 amide bonds. The number of hydrogen-bond acceptors (Lipinski definition) is 3. The van der Waals surface area contributed by atoms with Gasteiger partial charge in [-0.15, -0.1) is 11.3 Å². The van der Waals surface area contributed by atoms with Crippen molar-refractivity contribution in [3.05, 3.63) is 71.2 Å². The van der Waals surface area contributed by atoms with E-state index in [1.165, 1.54) is 16.9 Å². The molecule has 4 rings (SSSR count). The molecule has 2 heterocycles. The van der Waals surface area contributed by atoms with Gasteiger partial charge in [-0.2, -0.15) is 0 Å². The number of hydrogen-bond donors (Lipinski definition) is 2. The van der Waals surface area contributed by atoms with Crippen LogP contribution >= 0.6 is 11.3 Å². The first-order valence-corrected chi connectivity index (χ1v) is 9.05. The molecule has 4 aromatic rings. The van der Waals surface area contributed by atoms with E-state index in [1.54, 1.807) is 5.38 Å². The van der Waals surface area contributed by atoms with Crippen molar-refractivity contribution in [3.63, 3.8) is 0 Å². The first-order chi connectivity index (χ1) is 12.2. The molecule has 25 heavy (non-hydrogen) atoms. The van der Waals surface area contributed by atoms with E-state index in [0.717, 1.165) is 33.7 Å². The summed E-state index contributed by atoms with van der Waals surface area (Å²) in [5.74, 6) is -0.192. The largest absolute Gasteiger partial charge is 0.353 e. The Hall–Kier alpha value is -2.92. The van der Waals surface area contributed by atoms with Crippen LogP contribution in [0.15, 0.2) is 60.0 Å². The van der Waals surface area contributed by atoms with Crippen LogP contribution in [0.3, 0.4) is 0 Å². The molecule has 0 aliphatic carbocycles. The van der Waals surface area contributed by atoms with Gasteiger partial charge in [0.15, 0.2) is 0 Å². The zero-order valence-electron chi connectivity index (χ0n) is 13.7. The molecular formula is C20H17N3OS. The number of rotatable bonds is 4. The zero-order valence-corrected chi connectivity index (χ0v) is 14.6. The van der Waals surface area contributed by atoms with Gasteiger partial charge >= 0.3 is 0 Å². The monoisotopic (exact) mass is 347 g/mol. The average molecular weight is 347 g/mol. The Morgan fingerprint density at radius 1 is 1.16 bits per heavy atom. The Kier molecular flexibility index (Phi) is 4.07. The molecule has 0 fully saturated rings. The number of H-pyrrole nitrogens is 1. The van der Waals surface area contributed by atoms with Crippen LogP contribution in [0.5, 0.6) is 0 Å². The lowest BCUT2D eigenvalue weighted by atomic mass is 10.1. The summed E-state index contributed by atoms with van der Waals surface area (Å²) in [7, 11) is 0. The van der Waals surface area contributed by atoms with Gasteiger partial charge in [-0.3, -0.25) is 4.79 Å². The molecular weight excluding hydrogens is 330 g/mol. The highest BCUT2D eigenvalue weighted by Crippen LogP contribution is 2.27. The number of amides is 1. The summed E-state index contributed by atoms with van der Waals surface area (Å²) in [6.45, 7) is 2.11. The number of aromatic amines is 1. The summed E-state index contributed by atoms with van der Waals surface area (Å²) in [6, 6.07) is 18.0. The van der Waals surface area contributed by atoms with Crippen LogP contribution < -0.4 is 5.32 Å². The van der Waals surface area contributed by atoms with Crippen molar-refractivity contribution in [1.82, 2.24) is 9.97 Å². The van der Waals surface area contributed by atoms with E-state index in [-0.39, 0.29) is 5.91 Å². The Morgan fingerprint density at radius 3 is 2.72 bits per heavy atom. The molecule has 0 radical (unpaired) electrons. The van der Waals surface area contributed by atoms with E-state index in [9.17, 15) is 4.79 Å². The zero-order chi connectivity index (χ0) is 17.2. The number of nitrogens with one attached hydrogen (secondary N) is 2. The number of benzene rings is 2. The van der Waals surface area contributed by atoms with Crippen molar-refractivity contribution in [2.75, 3.05) is 5.32 Å². The summed E-state index contributed by atoms with van der Waals surface area (Å²) < 4.78 is 0. The molecule has 0 saturated carbocycles. The fourth-order valence-corrected chi connectivity index (χ4v) is 3.48. The van der Waals surface area contributed by atoms with E-state index < -0.39 is 0 Å². The number of nitrogens with zero attached hydrogens (tertiary/aromatic N) is 1. The Balaban J connectivity index is 1.54. The third kappa shape index (κ3) is 3.19. The van der Waals surface area contributed by atoms with Crippen molar-refractivity contribution >= 4 is 33.8 Å². The number of para-hydroxylation sites is 1. The Bertz CT molecular complexity index is 997. The van der Waals surface area contributed by atoms with Crippen LogP contribution in [0.1, 0.15) is 23.0 Å². The van der Waals surface area contributed by atoms with Gasteiger partial charge in [0.25, 0.3) is 5.91 Å². The summed E-state index contributed by atoms with van der Waals surface area (Å²) in [5, 5.41) is 6.63. The lowest BCUT2D eigenvalue weighted by molar-refractivity contribution is 0.102. The predicted molar refractivity (Wildman–Crippen MR) is 103 cm³/mol. The third-order valence-electron chi connectivity index (χ3n) is 4.12. The van der Waals surface area contributed by atoms with Crippen molar-refractivity contribution < 1.29 is 4.79 Å². The summed E-state index contributed by atoms with van der Waals surface area (Å²) in [6.07, 6.45) is 0.980. The molecule has 2 aromatic heterocycles. The van der Waals surface area contributed by atoms with Crippen LogP contribution in [0, 0.1) is 0 Å². The van der Waals surface area contributed by atoms with E-state index in [1.807, 2.05) is 42.5 Å². The normalized spacial score (nSPS) is 10.9. The number of thiazole rings is 1. The molecule has 5 heteroatoms. The van der Waals surface area contributed by atoms with Crippen molar-refractivity contribution in [3.8, 4) is 10.7 Å². The minimum Gasteiger partial charge on any atom is -0.353 e. The first kappa shape index (κ1) is 15.6. The molecule has 4 nitrogen and oxygen atoms in total. The lowest BCUT2D eigenvalue weighted by Crippen LogP contribution is -2.12. The number of aryl methyl sites for hydroxylation is 1. The highest BCUT2D eigenvalue weighted by molar-refractivity contribution is 7.13. The van der Waals surface area contributed by atoms with Gasteiger partial charge in [0.1, 0.15) is 10.7 Å². The molecule has 0 spiro atoms. The van der Waals surface area contributed by atoms with Gasteiger partial charge in [0, 0.05) is 22.0 Å². The number of anilines is 1. The second-order valence-corrected chi connectivity index (χ2v) is 6.67. The Morgan fingerprint density at radius 2 is 1.96 bits per heavy atom. The topological polar surface area (TPSA) is 57.8 Å². The van der Waals surface area contributed by atoms with Crippen LogP contribution in [0.2, 0.25) is 0 Å². The van der Waals surface area contributed by atoms with Crippen LogP contribution in [-0.4, -0.2) is 15.9 Å². The van der Waals surface area contributed by atoms with Gasteiger partial charge < -0.3 is 10.3 Å². The van der Waals surface area contributed by atoms with E-state index in [0.29, 0.717) is 5.69 Å². The van der Waals surface area contributed by atoms with Gasteiger partial charge in [-0.25, -0.2) is 4.98 Å². The summed E-state index contributed by atoms with van der Waals surface area (Å²) in [4.78, 5) is 20.2.